The zero-order valence-corrected chi connectivity index (χ0v) is 28.6. The third-order valence-electron chi connectivity index (χ3n) is 8.26. The van der Waals surface area contributed by atoms with E-state index in [1.807, 2.05) is 0 Å². The number of carbonyl (C=O) groups excluding carboxylic acids is 1. The van der Waals surface area contributed by atoms with E-state index in [9.17, 15) is 14.7 Å². The maximum absolute atomic E-state index is 12.1. The van der Waals surface area contributed by atoms with E-state index in [2.05, 4.69) is 46.6 Å². The van der Waals surface area contributed by atoms with Gasteiger partial charge < -0.3 is 30.0 Å². The minimum absolute atomic E-state index is 0.0511. The van der Waals surface area contributed by atoms with Gasteiger partial charge in [0.05, 0.1) is 39.5 Å². The molecule has 3 N–H and O–H groups in total. The number of unbranched alkanes of at least 4 members (excludes halogenated alkanes) is 3. The van der Waals surface area contributed by atoms with Crippen molar-refractivity contribution in [3.05, 3.63) is 47.2 Å². The number of amides is 1. The lowest BCUT2D eigenvalue weighted by atomic mass is 9.92. The van der Waals surface area contributed by atoms with E-state index in [0.717, 1.165) is 88.0 Å². The van der Waals surface area contributed by atoms with Crippen LogP contribution in [0.15, 0.2) is 24.5 Å². The summed E-state index contributed by atoms with van der Waals surface area (Å²) in [6.07, 6.45) is 14.5. The van der Waals surface area contributed by atoms with E-state index in [-0.39, 0.29) is 18.2 Å². The highest BCUT2D eigenvalue weighted by atomic mass is 16.5. The van der Waals surface area contributed by atoms with Crippen LogP contribution in [0.2, 0.25) is 0 Å². The zero-order chi connectivity index (χ0) is 33.5. The third-order valence-corrected chi connectivity index (χ3v) is 8.26. The molecule has 11 nitrogen and oxygen atoms in total. The smallest absolute Gasteiger partial charge is 0.303 e. The molecule has 0 bridgehead atoms. The number of hydrogen-bond donors (Lipinski definition) is 3. The zero-order valence-electron chi connectivity index (χ0n) is 28.6. The van der Waals surface area contributed by atoms with Gasteiger partial charge in [-0.1, -0.05) is 39.2 Å². The molecule has 0 saturated carbocycles. The van der Waals surface area contributed by atoms with Gasteiger partial charge in [-0.25, -0.2) is 15.0 Å². The van der Waals surface area contributed by atoms with Crippen LogP contribution in [0, 0.1) is 5.92 Å². The second-order valence-electron chi connectivity index (χ2n) is 12.7. The maximum Gasteiger partial charge on any atom is 0.303 e. The monoisotopic (exact) mass is 655 g/mol. The van der Waals surface area contributed by atoms with Gasteiger partial charge in [-0.05, 0) is 74.0 Å². The average Bonchev–Trinajstić information content (AvgIpc) is 3.06. The summed E-state index contributed by atoms with van der Waals surface area (Å²) in [6, 6.07) is 4.36. The molecule has 3 rings (SSSR count). The molecule has 0 unspecified atom stereocenters. The molecule has 262 valence electrons. The Morgan fingerprint density at radius 3 is 2.36 bits per heavy atom. The lowest BCUT2D eigenvalue weighted by molar-refractivity contribution is -0.137. The van der Waals surface area contributed by atoms with Crippen molar-refractivity contribution in [2.75, 3.05) is 58.0 Å². The van der Waals surface area contributed by atoms with Crippen LogP contribution in [0.5, 0.6) is 0 Å². The molecule has 47 heavy (non-hydrogen) atoms. The van der Waals surface area contributed by atoms with Crippen molar-refractivity contribution in [1.29, 1.82) is 0 Å². The van der Waals surface area contributed by atoms with Crippen molar-refractivity contribution in [1.82, 2.24) is 20.3 Å². The number of aliphatic carboxylic acids is 1. The predicted octanol–water partition coefficient (Wildman–Crippen LogP) is 5.52. The second-order valence-corrected chi connectivity index (χ2v) is 12.7. The first-order valence-corrected chi connectivity index (χ1v) is 17.7. The number of nitrogens with zero attached hydrogens (tertiary/aromatic N) is 3. The van der Waals surface area contributed by atoms with Crippen LogP contribution in [-0.2, 0) is 43.1 Å². The Morgan fingerprint density at radius 2 is 1.62 bits per heavy atom. The van der Waals surface area contributed by atoms with Crippen molar-refractivity contribution in [3.63, 3.8) is 0 Å². The molecule has 11 heteroatoms. The number of carboxylic acids is 1. The lowest BCUT2D eigenvalue weighted by Gasteiger charge is -2.17. The fourth-order valence-corrected chi connectivity index (χ4v) is 5.45. The molecule has 3 heterocycles. The van der Waals surface area contributed by atoms with E-state index in [4.69, 9.17) is 19.2 Å². The number of anilines is 1. The molecule has 0 aromatic carbocycles. The van der Waals surface area contributed by atoms with Crippen molar-refractivity contribution in [2.45, 2.75) is 103 Å². The first kappa shape index (κ1) is 38.3. The Hall–Kier alpha value is -3.15. The highest BCUT2D eigenvalue weighted by Gasteiger charge is 2.17. The number of fused-ring (bicyclic) bond motifs is 1. The fraction of sp³-hybridized carbons (Fsp3) is 0.694. The van der Waals surface area contributed by atoms with E-state index < -0.39 is 5.97 Å². The highest BCUT2D eigenvalue weighted by Crippen LogP contribution is 2.26. The standard InChI is InChI=1S/C36H57N5O6/c1-28(2)15-19-45-21-23-47-24-22-46-20-16-34(42)37-17-8-12-33-39-26-31(27-40-33)30(25-35(43)44)9-5-3-4-6-11-32-14-13-29-10-7-18-38-36(29)41-32/h13-14,26-28,30H,3-12,15-25H2,1-2H3,(H,37,42)(H,38,41)(H,43,44)/t30-/m0/s1. The molecular formula is C36H57N5O6. The van der Waals surface area contributed by atoms with Crippen LogP contribution >= 0.6 is 0 Å². The normalized spacial score (nSPS) is 13.3. The largest absolute Gasteiger partial charge is 0.481 e. The number of carboxylic acid groups (broad SMARTS) is 1. The van der Waals surface area contributed by atoms with Crippen molar-refractivity contribution >= 4 is 17.7 Å². The highest BCUT2D eigenvalue weighted by molar-refractivity contribution is 5.75. The quantitative estimate of drug-likeness (QED) is 0.111. The Morgan fingerprint density at radius 1 is 0.894 bits per heavy atom. The number of aryl methyl sites for hydroxylation is 3. The molecule has 0 fully saturated rings. The van der Waals surface area contributed by atoms with Gasteiger partial charge in [0.15, 0.2) is 0 Å². The van der Waals surface area contributed by atoms with Crippen molar-refractivity contribution in [2.24, 2.45) is 5.92 Å². The molecule has 1 aliphatic heterocycles. The summed E-state index contributed by atoms with van der Waals surface area (Å²) in [5.41, 5.74) is 3.32. The van der Waals surface area contributed by atoms with Crippen LogP contribution in [-0.4, -0.2) is 84.7 Å². The summed E-state index contributed by atoms with van der Waals surface area (Å²) in [5.74, 6) is 1.43. The van der Waals surface area contributed by atoms with Gasteiger partial charge in [0.1, 0.15) is 11.6 Å². The molecule has 0 spiro atoms. The number of carbonyl (C=O) groups is 2. The van der Waals surface area contributed by atoms with Gasteiger partial charge in [-0.2, -0.15) is 0 Å². The van der Waals surface area contributed by atoms with Gasteiger partial charge in [-0.15, -0.1) is 0 Å². The average molecular weight is 656 g/mol. The van der Waals surface area contributed by atoms with Crippen molar-refractivity contribution in [3.8, 4) is 0 Å². The van der Waals surface area contributed by atoms with Crippen LogP contribution < -0.4 is 10.6 Å². The van der Waals surface area contributed by atoms with E-state index in [1.54, 1.807) is 12.4 Å². The van der Waals surface area contributed by atoms with Crippen LogP contribution in [0.1, 0.15) is 107 Å². The number of aromatic nitrogens is 3. The summed E-state index contributed by atoms with van der Waals surface area (Å²) < 4.78 is 16.4. The summed E-state index contributed by atoms with van der Waals surface area (Å²) in [5, 5.41) is 15.8. The minimum Gasteiger partial charge on any atom is -0.481 e. The molecular weight excluding hydrogens is 598 g/mol. The SMILES string of the molecule is CC(C)CCOCCOCCOCCC(=O)NCCCc1ncc([C@@H](CCCCCCc2ccc3c(n2)NCCC3)CC(=O)O)cn1. The Balaban J connectivity index is 1.22. The van der Waals surface area contributed by atoms with Crippen LogP contribution in [0.4, 0.5) is 5.82 Å². The number of hydrogen-bond acceptors (Lipinski definition) is 9. The summed E-state index contributed by atoms with van der Waals surface area (Å²) >= 11 is 0. The lowest BCUT2D eigenvalue weighted by Crippen LogP contribution is -2.26. The van der Waals surface area contributed by atoms with Gasteiger partial charge in [0.2, 0.25) is 5.91 Å². The molecule has 0 radical (unpaired) electrons. The predicted molar refractivity (Wildman–Crippen MR) is 183 cm³/mol. The number of nitrogens with one attached hydrogen (secondary N) is 2. The number of pyridine rings is 1. The van der Waals surface area contributed by atoms with Crippen molar-refractivity contribution < 1.29 is 28.9 Å². The second kappa shape index (κ2) is 23.2. The van der Waals surface area contributed by atoms with Gasteiger partial charge >= 0.3 is 5.97 Å². The fourth-order valence-electron chi connectivity index (χ4n) is 5.45. The Labute approximate surface area is 281 Å². The minimum atomic E-state index is -0.807. The summed E-state index contributed by atoms with van der Waals surface area (Å²) in [6.45, 7) is 9.06. The first-order chi connectivity index (χ1) is 22.9. The first-order valence-electron chi connectivity index (χ1n) is 17.7. The molecule has 0 aliphatic carbocycles. The van der Waals surface area contributed by atoms with Gasteiger partial charge in [-0.3, -0.25) is 9.59 Å². The molecule has 0 saturated heterocycles. The summed E-state index contributed by atoms with van der Waals surface area (Å²) in [7, 11) is 0. The van der Waals surface area contributed by atoms with Gasteiger partial charge in [0.25, 0.3) is 0 Å². The van der Waals surface area contributed by atoms with E-state index in [0.29, 0.717) is 64.2 Å². The number of rotatable bonds is 26. The van der Waals surface area contributed by atoms with Crippen LogP contribution in [0.3, 0.4) is 0 Å². The topological polar surface area (TPSA) is 145 Å². The third kappa shape index (κ3) is 17.0. The van der Waals surface area contributed by atoms with Gasteiger partial charge in [0, 0.05) is 50.6 Å². The molecule has 2 aromatic heterocycles. The maximum atomic E-state index is 12.1. The molecule has 1 aliphatic rings. The van der Waals surface area contributed by atoms with Crippen LogP contribution in [0.25, 0.3) is 0 Å². The van der Waals surface area contributed by atoms with E-state index >= 15 is 0 Å². The summed E-state index contributed by atoms with van der Waals surface area (Å²) in [4.78, 5) is 37.4. The number of ether oxygens (including phenoxy) is 3. The molecule has 1 amide bonds. The Bertz CT molecular complexity index is 1160. The Kier molecular flexibility index (Phi) is 18.9. The molecule has 2 aromatic rings. The molecule has 1 atom stereocenters. The van der Waals surface area contributed by atoms with E-state index in [1.165, 1.54) is 12.0 Å².